The van der Waals surface area contributed by atoms with Crippen molar-refractivity contribution in [3.05, 3.63) is 64.7 Å². The number of benzene rings is 2. The molecule has 0 saturated heterocycles. The number of carbonyl (C=O) groups excluding carboxylic acids is 1. The lowest BCUT2D eigenvalue weighted by Crippen LogP contribution is -2.38. The molecule has 0 unspecified atom stereocenters. The van der Waals surface area contributed by atoms with Crippen LogP contribution < -0.4 is 10.1 Å². The molecule has 3 heteroatoms. The van der Waals surface area contributed by atoms with Crippen LogP contribution in [0.4, 0.5) is 0 Å². The zero-order chi connectivity index (χ0) is 17.8. The summed E-state index contributed by atoms with van der Waals surface area (Å²) in [4.78, 5) is 12.5. The molecule has 0 radical (unpaired) electrons. The van der Waals surface area contributed by atoms with Gasteiger partial charge < -0.3 is 10.1 Å². The van der Waals surface area contributed by atoms with Gasteiger partial charge in [0.15, 0.2) is 6.10 Å². The highest BCUT2D eigenvalue weighted by Crippen LogP contribution is 2.30. The third-order valence-corrected chi connectivity index (χ3v) is 4.96. The van der Waals surface area contributed by atoms with Crippen molar-refractivity contribution in [2.45, 2.75) is 58.6 Å². The van der Waals surface area contributed by atoms with Gasteiger partial charge in [-0.15, -0.1) is 0 Å². The van der Waals surface area contributed by atoms with Crippen LogP contribution in [0.3, 0.4) is 0 Å². The minimum absolute atomic E-state index is 0.0381. The molecule has 3 nitrogen and oxygen atoms in total. The third kappa shape index (κ3) is 4.22. The van der Waals surface area contributed by atoms with Crippen LogP contribution in [0.1, 0.15) is 55.0 Å². The molecular formula is C22H27NO2. The predicted octanol–water partition coefficient (Wildman–Crippen LogP) is 4.52. The Morgan fingerprint density at radius 2 is 1.76 bits per heavy atom. The van der Waals surface area contributed by atoms with Gasteiger partial charge in [-0.1, -0.05) is 42.0 Å². The van der Waals surface area contributed by atoms with E-state index >= 15 is 0 Å². The van der Waals surface area contributed by atoms with E-state index in [4.69, 9.17) is 4.74 Å². The molecule has 132 valence electrons. The highest BCUT2D eigenvalue weighted by molar-refractivity contribution is 5.81. The number of ether oxygens (including phenoxy) is 1. The van der Waals surface area contributed by atoms with Gasteiger partial charge in [0.2, 0.25) is 0 Å². The molecule has 0 aliphatic heterocycles. The summed E-state index contributed by atoms with van der Waals surface area (Å²) in [6.45, 7) is 5.88. The number of fused-ring (bicyclic) bond motifs is 1. The van der Waals surface area contributed by atoms with Crippen LogP contribution in [0.2, 0.25) is 0 Å². The number of nitrogens with one attached hydrogen (secondary N) is 1. The van der Waals surface area contributed by atoms with Crippen LogP contribution in [-0.2, 0) is 17.6 Å². The zero-order valence-electron chi connectivity index (χ0n) is 15.3. The number of amides is 1. The van der Waals surface area contributed by atoms with E-state index in [-0.39, 0.29) is 11.9 Å². The minimum Gasteiger partial charge on any atom is -0.481 e. The van der Waals surface area contributed by atoms with Gasteiger partial charge in [-0.3, -0.25) is 4.79 Å². The lowest BCUT2D eigenvalue weighted by molar-refractivity contribution is -0.127. The zero-order valence-corrected chi connectivity index (χ0v) is 15.3. The van der Waals surface area contributed by atoms with Crippen LogP contribution in [0, 0.1) is 6.92 Å². The average molecular weight is 337 g/mol. The van der Waals surface area contributed by atoms with Crippen molar-refractivity contribution in [3.63, 3.8) is 0 Å². The number of carbonyl (C=O) groups is 1. The summed E-state index contributed by atoms with van der Waals surface area (Å²) in [6.07, 6.45) is 4.07. The molecule has 0 spiro atoms. The Kier molecular flexibility index (Phi) is 5.42. The Labute approximate surface area is 150 Å². The van der Waals surface area contributed by atoms with E-state index in [1.54, 1.807) is 0 Å². The van der Waals surface area contributed by atoms with Gasteiger partial charge in [0, 0.05) is 0 Å². The number of hydrogen-bond acceptors (Lipinski definition) is 2. The summed E-state index contributed by atoms with van der Waals surface area (Å²) in [6, 6.07) is 14.4. The molecule has 0 saturated carbocycles. The smallest absolute Gasteiger partial charge is 0.261 e. The Balaban J connectivity index is 1.64. The van der Waals surface area contributed by atoms with Crippen molar-refractivity contribution >= 4 is 5.91 Å². The topological polar surface area (TPSA) is 38.3 Å². The molecule has 1 aliphatic rings. The fourth-order valence-electron chi connectivity index (χ4n) is 3.37. The third-order valence-electron chi connectivity index (χ3n) is 4.96. The standard InChI is InChI=1S/C22H27NO2/c1-15-11-13-18(14-12-15)16(2)23-22(24)17(3)25-21-10-6-8-19-7-4-5-9-20(19)21/h6,8,10-14,16-17H,4-5,7,9H2,1-3H3,(H,23,24)/t16-,17+/m0/s1. The second-order valence-corrected chi connectivity index (χ2v) is 7.00. The van der Waals surface area contributed by atoms with Crippen LogP contribution in [0.15, 0.2) is 42.5 Å². The first-order chi connectivity index (χ1) is 12.0. The maximum atomic E-state index is 12.5. The Morgan fingerprint density at radius 3 is 2.52 bits per heavy atom. The van der Waals surface area contributed by atoms with Crippen molar-refractivity contribution in [1.82, 2.24) is 5.32 Å². The number of hydrogen-bond donors (Lipinski definition) is 1. The lowest BCUT2D eigenvalue weighted by atomic mass is 9.91. The van der Waals surface area contributed by atoms with Crippen molar-refractivity contribution in [2.24, 2.45) is 0 Å². The molecule has 25 heavy (non-hydrogen) atoms. The van der Waals surface area contributed by atoms with Crippen LogP contribution >= 0.6 is 0 Å². The van der Waals surface area contributed by atoms with E-state index in [9.17, 15) is 4.79 Å². The van der Waals surface area contributed by atoms with Gasteiger partial charge in [-0.25, -0.2) is 0 Å². The average Bonchev–Trinajstić information content (AvgIpc) is 2.62. The summed E-state index contributed by atoms with van der Waals surface area (Å²) in [5, 5.41) is 3.05. The van der Waals surface area contributed by atoms with Crippen molar-refractivity contribution in [2.75, 3.05) is 0 Å². The van der Waals surface area contributed by atoms with Gasteiger partial charge in [0.1, 0.15) is 5.75 Å². The first-order valence-corrected chi connectivity index (χ1v) is 9.19. The van der Waals surface area contributed by atoms with Crippen LogP contribution in [0.25, 0.3) is 0 Å². The van der Waals surface area contributed by atoms with Crippen molar-refractivity contribution in [3.8, 4) is 5.75 Å². The molecule has 0 aromatic heterocycles. The highest BCUT2D eigenvalue weighted by Gasteiger charge is 2.20. The summed E-state index contributed by atoms with van der Waals surface area (Å²) in [7, 11) is 0. The molecule has 3 rings (SSSR count). The summed E-state index contributed by atoms with van der Waals surface area (Å²) >= 11 is 0. The first-order valence-electron chi connectivity index (χ1n) is 9.19. The summed E-state index contributed by atoms with van der Waals surface area (Å²) in [5.41, 5.74) is 4.96. The maximum absolute atomic E-state index is 12.5. The largest absolute Gasteiger partial charge is 0.481 e. The Morgan fingerprint density at radius 1 is 1.04 bits per heavy atom. The normalized spacial score (nSPS) is 15.8. The van der Waals surface area contributed by atoms with Gasteiger partial charge in [0.05, 0.1) is 6.04 Å². The molecule has 0 bridgehead atoms. The second kappa shape index (κ2) is 7.73. The van der Waals surface area contributed by atoms with Crippen molar-refractivity contribution in [1.29, 1.82) is 0 Å². The predicted molar refractivity (Wildman–Crippen MR) is 101 cm³/mol. The highest BCUT2D eigenvalue weighted by atomic mass is 16.5. The fraction of sp³-hybridized carbons (Fsp3) is 0.409. The van der Waals surface area contributed by atoms with E-state index in [1.165, 1.54) is 29.5 Å². The van der Waals surface area contributed by atoms with Gasteiger partial charge >= 0.3 is 0 Å². The van der Waals surface area contributed by atoms with E-state index < -0.39 is 6.10 Å². The minimum atomic E-state index is -0.513. The quantitative estimate of drug-likeness (QED) is 0.871. The summed E-state index contributed by atoms with van der Waals surface area (Å²) < 4.78 is 6.02. The van der Waals surface area contributed by atoms with E-state index in [0.717, 1.165) is 24.2 Å². The molecule has 2 aromatic carbocycles. The molecular weight excluding hydrogens is 310 g/mol. The van der Waals surface area contributed by atoms with Crippen LogP contribution in [-0.4, -0.2) is 12.0 Å². The van der Waals surface area contributed by atoms with Gasteiger partial charge in [-0.05, 0) is 69.2 Å². The van der Waals surface area contributed by atoms with Crippen LogP contribution in [0.5, 0.6) is 5.75 Å². The molecule has 1 aliphatic carbocycles. The molecule has 1 N–H and O–H groups in total. The monoisotopic (exact) mass is 337 g/mol. The molecule has 0 fully saturated rings. The first kappa shape index (κ1) is 17.5. The Hall–Kier alpha value is -2.29. The van der Waals surface area contributed by atoms with E-state index in [1.807, 2.05) is 26.0 Å². The number of rotatable bonds is 5. The maximum Gasteiger partial charge on any atom is 0.261 e. The molecule has 1 amide bonds. The van der Waals surface area contributed by atoms with Crippen molar-refractivity contribution < 1.29 is 9.53 Å². The van der Waals surface area contributed by atoms with E-state index in [2.05, 4.69) is 42.6 Å². The molecule has 0 heterocycles. The van der Waals surface area contributed by atoms with E-state index in [0.29, 0.717) is 0 Å². The number of aryl methyl sites for hydroxylation is 2. The van der Waals surface area contributed by atoms with Gasteiger partial charge in [-0.2, -0.15) is 0 Å². The lowest BCUT2D eigenvalue weighted by Gasteiger charge is -2.23. The van der Waals surface area contributed by atoms with Gasteiger partial charge in [0.25, 0.3) is 5.91 Å². The molecule has 2 atom stereocenters. The fourth-order valence-corrected chi connectivity index (χ4v) is 3.37. The molecule has 2 aromatic rings. The Bertz CT molecular complexity index is 736. The second-order valence-electron chi connectivity index (χ2n) is 7.00. The SMILES string of the molecule is Cc1ccc([C@H](C)NC(=O)[C@@H](C)Oc2cccc3c2CCCC3)cc1. The summed E-state index contributed by atoms with van der Waals surface area (Å²) in [5.74, 6) is 0.782.